The van der Waals surface area contributed by atoms with Gasteiger partial charge in [0, 0.05) is 18.2 Å². The van der Waals surface area contributed by atoms with Gasteiger partial charge in [-0.25, -0.2) is 4.98 Å². The Bertz CT molecular complexity index is 659. The van der Waals surface area contributed by atoms with E-state index in [9.17, 15) is 10.1 Å². The number of hydrogen-bond acceptors (Lipinski definition) is 4. The summed E-state index contributed by atoms with van der Waals surface area (Å²) in [5.41, 5.74) is 3.59. The van der Waals surface area contributed by atoms with E-state index >= 15 is 0 Å². The summed E-state index contributed by atoms with van der Waals surface area (Å²) in [4.78, 5) is 14.7. The van der Waals surface area contributed by atoms with Gasteiger partial charge in [0.05, 0.1) is 16.8 Å². The number of nitrogens with zero attached hydrogens (tertiary/aromatic N) is 2. The molecule has 0 aliphatic carbocycles. The number of nitrogens with one attached hydrogen (secondary N) is 1. The van der Waals surface area contributed by atoms with Crippen molar-refractivity contribution in [3.05, 3.63) is 61.9 Å². The highest BCUT2D eigenvalue weighted by molar-refractivity contribution is 9.10. The molecule has 0 bridgehead atoms. The smallest absolute Gasteiger partial charge is 0.272 e. The highest BCUT2D eigenvalue weighted by atomic mass is 79.9. The minimum atomic E-state index is -0.357. The van der Waals surface area contributed by atoms with E-state index in [1.54, 1.807) is 25.3 Å². The van der Waals surface area contributed by atoms with Gasteiger partial charge in [-0.1, -0.05) is 12.1 Å². The lowest BCUT2D eigenvalue weighted by molar-refractivity contribution is -0.385. The molecule has 20 heavy (non-hydrogen) atoms. The van der Waals surface area contributed by atoms with E-state index in [0.717, 1.165) is 21.4 Å². The van der Waals surface area contributed by atoms with Gasteiger partial charge in [0.15, 0.2) is 0 Å². The first kappa shape index (κ1) is 14.5. The Labute approximate surface area is 125 Å². The van der Waals surface area contributed by atoms with Crippen molar-refractivity contribution in [1.82, 2.24) is 4.98 Å². The van der Waals surface area contributed by atoms with E-state index in [-0.39, 0.29) is 10.6 Å². The summed E-state index contributed by atoms with van der Waals surface area (Å²) in [5.74, 6) is 0. The zero-order chi connectivity index (χ0) is 14.7. The molecule has 6 heteroatoms. The number of anilines is 1. The molecule has 0 amide bonds. The lowest BCUT2D eigenvalue weighted by atomic mass is 10.1. The van der Waals surface area contributed by atoms with E-state index in [1.165, 1.54) is 0 Å². The lowest BCUT2D eigenvalue weighted by Gasteiger charge is -2.08. The van der Waals surface area contributed by atoms with E-state index < -0.39 is 0 Å². The van der Waals surface area contributed by atoms with Gasteiger partial charge in [0.2, 0.25) is 0 Å². The standard InChI is InChI=1S/C14H14BrN3O2/c1-9-3-4-11(6-13(9)18(19)20)7-16-12-5-10(2)14(15)17-8-12/h3-6,8,16H,7H2,1-2H3. The number of aryl methyl sites for hydroxylation is 2. The quantitative estimate of drug-likeness (QED) is 0.521. The molecule has 5 nitrogen and oxygen atoms in total. The Morgan fingerprint density at radius 1 is 1.30 bits per heavy atom. The number of halogens is 1. The summed E-state index contributed by atoms with van der Waals surface area (Å²) in [6, 6.07) is 7.22. The Hall–Kier alpha value is -1.95. The predicted molar refractivity (Wildman–Crippen MR) is 81.8 cm³/mol. The number of benzene rings is 1. The summed E-state index contributed by atoms with van der Waals surface area (Å²) >= 11 is 3.34. The minimum Gasteiger partial charge on any atom is -0.380 e. The maximum atomic E-state index is 10.9. The monoisotopic (exact) mass is 335 g/mol. The first-order chi connectivity index (χ1) is 9.47. The Kier molecular flexibility index (Phi) is 4.34. The van der Waals surface area contributed by atoms with Crippen molar-refractivity contribution in [3.8, 4) is 0 Å². The maximum Gasteiger partial charge on any atom is 0.272 e. The third kappa shape index (κ3) is 3.33. The van der Waals surface area contributed by atoms with E-state index in [2.05, 4.69) is 26.2 Å². The van der Waals surface area contributed by atoms with Crippen LogP contribution >= 0.6 is 15.9 Å². The van der Waals surface area contributed by atoms with Crippen LogP contribution in [0.3, 0.4) is 0 Å². The van der Waals surface area contributed by atoms with E-state index in [1.807, 2.05) is 19.1 Å². The fraction of sp³-hybridized carbons (Fsp3) is 0.214. The zero-order valence-corrected chi connectivity index (χ0v) is 12.8. The van der Waals surface area contributed by atoms with Gasteiger partial charge in [-0.3, -0.25) is 10.1 Å². The zero-order valence-electron chi connectivity index (χ0n) is 11.2. The molecule has 0 spiro atoms. The third-order valence-corrected chi connectivity index (χ3v) is 3.81. The van der Waals surface area contributed by atoms with Crippen LogP contribution in [0.15, 0.2) is 35.1 Å². The third-order valence-electron chi connectivity index (χ3n) is 2.98. The van der Waals surface area contributed by atoms with E-state index in [4.69, 9.17) is 0 Å². The van der Waals surface area contributed by atoms with Crippen molar-refractivity contribution in [3.63, 3.8) is 0 Å². The average molecular weight is 336 g/mol. The van der Waals surface area contributed by atoms with Crippen LogP contribution < -0.4 is 5.32 Å². The number of aromatic nitrogens is 1. The predicted octanol–water partition coefficient (Wildman–Crippen LogP) is 3.98. The largest absolute Gasteiger partial charge is 0.380 e. The Morgan fingerprint density at radius 3 is 2.70 bits per heavy atom. The molecule has 1 N–H and O–H groups in total. The second kappa shape index (κ2) is 6.00. The first-order valence-corrected chi connectivity index (χ1v) is 6.86. The van der Waals surface area contributed by atoms with Crippen molar-refractivity contribution in [2.45, 2.75) is 20.4 Å². The topological polar surface area (TPSA) is 68.1 Å². The van der Waals surface area contributed by atoms with Gasteiger partial charge in [-0.05, 0) is 47.0 Å². The Morgan fingerprint density at radius 2 is 2.05 bits per heavy atom. The van der Waals surface area contributed by atoms with Crippen LogP contribution in [-0.2, 0) is 6.54 Å². The van der Waals surface area contributed by atoms with Crippen LogP contribution in [0.4, 0.5) is 11.4 Å². The minimum absolute atomic E-state index is 0.148. The average Bonchev–Trinajstić information content (AvgIpc) is 2.41. The van der Waals surface area contributed by atoms with Gasteiger partial charge < -0.3 is 5.32 Å². The molecule has 2 rings (SSSR count). The highest BCUT2D eigenvalue weighted by Gasteiger charge is 2.10. The SMILES string of the molecule is Cc1ccc(CNc2cnc(Br)c(C)c2)cc1[N+](=O)[O-]. The molecule has 1 aromatic carbocycles. The summed E-state index contributed by atoms with van der Waals surface area (Å²) < 4.78 is 0.814. The van der Waals surface area contributed by atoms with Gasteiger partial charge >= 0.3 is 0 Å². The Balaban J connectivity index is 2.12. The van der Waals surface area contributed by atoms with Gasteiger partial charge in [-0.2, -0.15) is 0 Å². The number of hydrogen-bond donors (Lipinski definition) is 1. The van der Waals surface area contributed by atoms with Gasteiger partial charge in [0.1, 0.15) is 4.60 Å². The molecule has 0 unspecified atom stereocenters. The molecular weight excluding hydrogens is 322 g/mol. The fourth-order valence-corrected chi connectivity index (χ4v) is 2.04. The summed E-state index contributed by atoms with van der Waals surface area (Å²) in [6.07, 6.45) is 1.72. The molecule has 0 fully saturated rings. The van der Waals surface area contributed by atoms with Gasteiger partial charge in [-0.15, -0.1) is 0 Å². The molecule has 0 radical (unpaired) electrons. The van der Waals surface area contributed by atoms with Crippen LogP contribution in [-0.4, -0.2) is 9.91 Å². The number of nitro benzene ring substituents is 1. The molecule has 1 heterocycles. The molecule has 104 valence electrons. The first-order valence-electron chi connectivity index (χ1n) is 6.07. The van der Waals surface area contributed by atoms with Crippen LogP contribution in [0.1, 0.15) is 16.7 Å². The molecule has 2 aromatic rings. The molecule has 0 aliphatic rings. The lowest BCUT2D eigenvalue weighted by Crippen LogP contribution is -2.02. The normalized spacial score (nSPS) is 10.3. The van der Waals surface area contributed by atoms with Crippen LogP contribution in [0.25, 0.3) is 0 Å². The number of pyridine rings is 1. The second-order valence-electron chi connectivity index (χ2n) is 4.56. The summed E-state index contributed by atoms with van der Waals surface area (Å²) in [6.45, 7) is 4.21. The molecule has 0 aliphatic heterocycles. The van der Waals surface area contributed by atoms with Crippen molar-refractivity contribution >= 4 is 27.3 Å². The highest BCUT2D eigenvalue weighted by Crippen LogP contribution is 2.21. The summed E-state index contributed by atoms with van der Waals surface area (Å²) in [5, 5.41) is 14.1. The molecule has 0 saturated carbocycles. The summed E-state index contributed by atoms with van der Waals surface area (Å²) in [7, 11) is 0. The van der Waals surface area contributed by atoms with Crippen LogP contribution in [0.5, 0.6) is 0 Å². The van der Waals surface area contributed by atoms with Crippen molar-refractivity contribution < 1.29 is 4.92 Å². The van der Waals surface area contributed by atoms with Crippen LogP contribution in [0, 0.1) is 24.0 Å². The van der Waals surface area contributed by atoms with Crippen molar-refractivity contribution in [2.24, 2.45) is 0 Å². The fourth-order valence-electron chi connectivity index (χ4n) is 1.82. The second-order valence-corrected chi connectivity index (χ2v) is 5.31. The number of nitro groups is 1. The molecule has 1 aromatic heterocycles. The van der Waals surface area contributed by atoms with E-state index in [0.29, 0.717) is 12.1 Å². The molecule has 0 saturated heterocycles. The molecular formula is C14H14BrN3O2. The van der Waals surface area contributed by atoms with Crippen molar-refractivity contribution in [1.29, 1.82) is 0 Å². The molecule has 0 atom stereocenters. The van der Waals surface area contributed by atoms with Crippen LogP contribution in [0.2, 0.25) is 0 Å². The van der Waals surface area contributed by atoms with Gasteiger partial charge in [0.25, 0.3) is 5.69 Å². The number of rotatable bonds is 4. The maximum absolute atomic E-state index is 10.9. The van der Waals surface area contributed by atoms with Crippen molar-refractivity contribution in [2.75, 3.05) is 5.32 Å².